The number of halogens is 4. The molecule has 2 heterocycles. The zero-order valence-electron chi connectivity index (χ0n) is 26.9. The molecule has 250 valence electrons. The Hall–Kier alpha value is -2.90. The van der Waals surface area contributed by atoms with Crippen molar-refractivity contribution in [3.63, 3.8) is 0 Å². The summed E-state index contributed by atoms with van der Waals surface area (Å²) in [5.74, 6) is -2.38. The molecule has 1 aliphatic carbocycles. The van der Waals surface area contributed by atoms with Gasteiger partial charge in [0.05, 0.1) is 40.5 Å². The van der Waals surface area contributed by atoms with Crippen LogP contribution in [-0.4, -0.2) is 51.4 Å². The highest BCUT2D eigenvalue weighted by atomic mass is 35.5. The number of benzene rings is 1. The molecular formula is C32H41Cl2F2N5O4Si. The second kappa shape index (κ2) is 14.5. The minimum atomic E-state index is -2.14. The molecule has 2 amide bonds. The lowest BCUT2D eigenvalue weighted by Crippen LogP contribution is -2.48. The highest BCUT2D eigenvalue weighted by molar-refractivity contribution is 6.74. The van der Waals surface area contributed by atoms with E-state index in [9.17, 15) is 23.5 Å². The van der Waals surface area contributed by atoms with Gasteiger partial charge in [0.2, 0.25) is 14.2 Å². The number of aromatic nitrogens is 3. The molecular weight excluding hydrogens is 655 g/mol. The van der Waals surface area contributed by atoms with E-state index in [1.165, 1.54) is 23.5 Å². The average molecular weight is 697 g/mol. The van der Waals surface area contributed by atoms with Gasteiger partial charge in [-0.3, -0.25) is 19.3 Å². The second-order valence-electron chi connectivity index (χ2n) is 13.4. The lowest BCUT2D eigenvalue weighted by molar-refractivity contribution is -0.133. The number of hydrogen-bond acceptors (Lipinski definition) is 6. The van der Waals surface area contributed by atoms with Gasteiger partial charge in [-0.15, -0.1) is 0 Å². The number of aliphatic hydroxyl groups excluding tert-OH is 1. The van der Waals surface area contributed by atoms with Crippen LogP contribution in [0.4, 0.5) is 8.78 Å². The standard InChI is InChI=1S/C32H41Cl2F2N5O4Si/c1-19-25(14-38-41(19)24-9-7-21(8-10-24)30(43)39-45-46(5,6)32(2,3)4)31(44)40(17-20-11-22(35)13-23(36)12-20)18-28(42)29-26(33)15-37-16-27(29)34/h11-16,21,24,28,42H,7-10,17-18H2,1-6H3,(H,39,43). The van der Waals surface area contributed by atoms with Gasteiger partial charge < -0.3 is 14.5 Å². The van der Waals surface area contributed by atoms with Crippen LogP contribution in [0.25, 0.3) is 0 Å². The van der Waals surface area contributed by atoms with Crippen molar-refractivity contribution in [1.82, 2.24) is 25.1 Å². The number of hydrogen-bond donors (Lipinski definition) is 2. The van der Waals surface area contributed by atoms with Gasteiger partial charge in [-0.1, -0.05) is 44.0 Å². The van der Waals surface area contributed by atoms with Crippen LogP contribution in [0.5, 0.6) is 0 Å². The minimum absolute atomic E-state index is 0.0299. The first-order valence-electron chi connectivity index (χ1n) is 15.2. The van der Waals surface area contributed by atoms with E-state index in [0.29, 0.717) is 31.4 Å². The highest BCUT2D eigenvalue weighted by Crippen LogP contribution is 2.37. The quantitative estimate of drug-likeness (QED) is 0.170. The van der Waals surface area contributed by atoms with Crippen molar-refractivity contribution < 1.29 is 28.0 Å². The van der Waals surface area contributed by atoms with Crippen LogP contribution in [0.2, 0.25) is 28.2 Å². The fourth-order valence-electron chi connectivity index (χ4n) is 5.35. The van der Waals surface area contributed by atoms with Crippen molar-refractivity contribution in [2.45, 2.75) is 90.2 Å². The Morgan fingerprint density at radius 1 is 1.09 bits per heavy atom. The fraction of sp³-hybridized carbons (Fsp3) is 0.500. The smallest absolute Gasteiger partial charge is 0.257 e. The summed E-state index contributed by atoms with van der Waals surface area (Å²) in [7, 11) is -2.14. The number of rotatable bonds is 10. The molecule has 1 fully saturated rings. The van der Waals surface area contributed by atoms with Crippen LogP contribution in [-0.2, 0) is 15.9 Å². The van der Waals surface area contributed by atoms with E-state index in [2.05, 4.69) is 49.4 Å². The summed E-state index contributed by atoms with van der Waals surface area (Å²) in [5.41, 5.74) is 3.98. The molecule has 3 aromatic rings. The lowest BCUT2D eigenvalue weighted by atomic mass is 9.85. The van der Waals surface area contributed by atoms with Crippen LogP contribution in [0, 0.1) is 24.5 Å². The topological polar surface area (TPSA) is 110 Å². The Balaban J connectivity index is 1.49. The van der Waals surface area contributed by atoms with Gasteiger partial charge in [0.25, 0.3) is 5.91 Å². The monoisotopic (exact) mass is 695 g/mol. The molecule has 0 spiro atoms. The van der Waals surface area contributed by atoms with Gasteiger partial charge in [-0.2, -0.15) is 5.10 Å². The third-order valence-electron chi connectivity index (χ3n) is 9.10. The summed E-state index contributed by atoms with van der Waals surface area (Å²) >= 11 is 12.5. The van der Waals surface area contributed by atoms with Crippen LogP contribution < -0.4 is 5.48 Å². The minimum Gasteiger partial charge on any atom is -0.386 e. The van der Waals surface area contributed by atoms with Gasteiger partial charge in [0.1, 0.15) is 11.6 Å². The molecule has 1 saturated carbocycles. The van der Waals surface area contributed by atoms with Crippen molar-refractivity contribution in [3.05, 3.63) is 80.9 Å². The number of nitrogens with zero attached hydrogens (tertiary/aromatic N) is 4. The maximum atomic E-state index is 14.1. The predicted octanol–water partition coefficient (Wildman–Crippen LogP) is 7.33. The lowest BCUT2D eigenvalue weighted by Gasteiger charge is -2.36. The van der Waals surface area contributed by atoms with E-state index >= 15 is 0 Å². The van der Waals surface area contributed by atoms with E-state index < -0.39 is 32.0 Å². The average Bonchev–Trinajstić information content (AvgIpc) is 3.35. The first kappa shape index (κ1) is 35.9. The van der Waals surface area contributed by atoms with Gasteiger partial charge in [-0.05, 0) is 68.4 Å². The van der Waals surface area contributed by atoms with Crippen LogP contribution >= 0.6 is 23.2 Å². The summed E-state index contributed by atoms with van der Waals surface area (Å²) in [6.45, 7) is 11.8. The highest BCUT2D eigenvalue weighted by Gasteiger charge is 2.39. The zero-order chi connectivity index (χ0) is 34.0. The molecule has 1 aliphatic rings. The zero-order valence-corrected chi connectivity index (χ0v) is 29.4. The van der Waals surface area contributed by atoms with Crippen molar-refractivity contribution in [3.8, 4) is 0 Å². The van der Waals surface area contributed by atoms with Crippen molar-refractivity contribution in [2.24, 2.45) is 5.92 Å². The van der Waals surface area contributed by atoms with Crippen LogP contribution in [0.15, 0.2) is 36.8 Å². The van der Waals surface area contributed by atoms with E-state index in [1.54, 1.807) is 11.6 Å². The third-order valence-corrected chi connectivity index (χ3v) is 13.9. The Kier molecular flexibility index (Phi) is 11.3. The van der Waals surface area contributed by atoms with Crippen molar-refractivity contribution in [2.75, 3.05) is 6.54 Å². The fourth-order valence-corrected chi connectivity index (χ4v) is 6.63. The summed E-state index contributed by atoms with van der Waals surface area (Å²) in [4.78, 5) is 32.1. The molecule has 0 saturated heterocycles. The number of nitrogens with one attached hydrogen (secondary N) is 1. The number of pyridine rings is 1. The molecule has 0 radical (unpaired) electrons. The van der Waals surface area contributed by atoms with Gasteiger partial charge >= 0.3 is 0 Å². The normalized spacial score (nSPS) is 17.9. The molecule has 0 bridgehead atoms. The van der Waals surface area contributed by atoms with Crippen LogP contribution in [0.1, 0.15) is 85.8 Å². The van der Waals surface area contributed by atoms with Crippen molar-refractivity contribution >= 4 is 43.3 Å². The molecule has 2 N–H and O–H groups in total. The van der Waals surface area contributed by atoms with Gasteiger partial charge in [0, 0.05) is 42.2 Å². The summed E-state index contributed by atoms with van der Waals surface area (Å²) < 4.78 is 35.8. The van der Waals surface area contributed by atoms with E-state index in [4.69, 9.17) is 27.7 Å². The second-order valence-corrected chi connectivity index (χ2v) is 19.0. The molecule has 9 nitrogen and oxygen atoms in total. The third kappa shape index (κ3) is 8.32. The van der Waals surface area contributed by atoms with Gasteiger partial charge in [0.15, 0.2) is 0 Å². The van der Waals surface area contributed by atoms with Crippen LogP contribution in [0.3, 0.4) is 0 Å². The maximum absolute atomic E-state index is 14.1. The Morgan fingerprint density at radius 3 is 2.24 bits per heavy atom. The number of amides is 2. The first-order valence-corrected chi connectivity index (χ1v) is 18.9. The number of aliphatic hydroxyl groups is 1. The number of carbonyl (C=O) groups is 2. The van der Waals surface area contributed by atoms with Crippen molar-refractivity contribution in [1.29, 1.82) is 0 Å². The maximum Gasteiger partial charge on any atom is 0.257 e. The summed E-state index contributed by atoms with van der Waals surface area (Å²) in [6, 6.07) is 2.97. The Morgan fingerprint density at radius 2 is 1.67 bits per heavy atom. The molecule has 14 heteroatoms. The van der Waals surface area contributed by atoms with Gasteiger partial charge in [-0.25, -0.2) is 14.3 Å². The summed E-state index contributed by atoms with van der Waals surface area (Å²) in [5, 5.41) is 15.8. The molecule has 0 aliphatic heterocycles. The summed E-state index contributed by atoms with van der Waals surface area (Å²) in [6.07, 6.45) is 5.43. The Bertz CT molecular complexity index is 1530. The first-order chi connectivity index (χ1) is 21.5. The predicted molar refractivity (Wildman–Crippen MR) is 175 cm³/mol. The molecule has 1 atom stereocenters. The molecule has 1 unspecified atom stereocenters. The number of hydroxylamine groups is 1. The van der Waals surface area contributed by atoms with E-state index in [1.807, 2.05) is 0 Å². The Labute approximate surface area is 279 Å². The number of carbonyl (C=O) groups excluding carboxylic acids is 2. The molecule has 2 aromatic heterocycles. The SMILES string of the molecule is Cc1c(C(=O)N(Cc2cc(F)cc(F)c2)CC(O)c2c(Cl)cncc2Cl)cnn1C1CCC(C(=O)NO[Si](C)(C)C(C)(C)C)CC1. The van der Waals surface area contributed by atoms with E-state index in [0.717, 1.165) is 18.2 Å². The molecule has 46 heavy (non-hydrogen) atoms. The molecule has 1 aromatic carbocycles. The van der Waals surface area contributed by atoms with E-state index in [-0.39, 0.29) is 62.7 Å². The largest absolute Gasteiger partial charge is 0.386 e. The molecule has 4 rings (SSSR count).